The molecule has 1 amide bonds. The van der Waals surface area contributed by atoms with Gasteiger partial charge in [0.2, 0.25) is 5.91 Å². The van der Waals surface area contributed by atoms with Gasteiger partial charge >= 0.3 is 0 Å². The predicted octanol–water partition coefficient (Wildman–Crippen LogP) is 2.50. The number of nitrogens with one attached hydrogen (secondary N) is 1. The van der Waals surface area contributed by atoms with Gasteiger partial charge in [0, 0.05) is 22.0 Å². The fraction of sp³-hybridized carbons (Fsp3) is 0.375. The first-order chi connectivity index (χ1) is 9.88. The van der Waals surface area contributed by atoms with E-state index in [1.807, 2.05) is 26.0 Å². The molecule has 0 bridgehead atoms. The van der Waals surface area contributed by atoms with Gasteiger partial charge in [0.1, 0.15) is 0 Å². The highest BCUT2D eigenvalue weighted by molar-refractivity contribution is 9.10. The SMILES string of the molecule is CC1=C(C)C[C@@H](C(=O)Nc2ccc(Br)cc2)[C@H](C(=O)[O-])C1. The summed E-state index contributed by atoms with van der Waals surface area (Å²) in [6.45, 7) is 3.86. The zero-order valence-electron chi connectivity index (χ0n) is 12.0. The molecule has 2 rings (SSSR count). The molecule has 112 valence electrons. The number of halogens is 1. The van der Waals surface area contributed by atoms with Crippen LogP contribution >= 0.6 is 15.9 Å². The van der Waals surface area contributed by atoms with E-state index in [9.17, 15) is 14.7 Å². The van der Waals surface area contributed by atoms with Gasteiger partial charge < -0.3 is 15.2 Å². The number of anilines is 1. The highest BCUT2D eigenvalue weighted by atomic mass is 79.9. The Kier molecular flexibility index (Phi) is 4.83. The zero-order valence-corrected chi connectivity index (χ0v) is 13.6. The lowest BCUT2D eigenvalue weighted by atomic mass is 9.76. The van der Waals surface area contributed by atoms with E-state index in [1.54, 1.807) is 12.1 Å². The van der Waals surface area contributed by atoms with Gasteiger partial charge in [0.25, 0.3) is 0 Å². The van der Waals surface area contributed by atoms with Crippen molar-refractivity contribution < 1.29 is 14.7 Å². The van der Waals surface area contributed by atoms with Crippen LogP contribution in [-0.2, 0) is 9.59 Å². The number of rotatable bonds is 3. The molecule has 21 heavy (non-hydrogen) atoms. The van der Waals surface area contributed by atoms with Crippen molar-refractivity contribution >= 4 is 33.5 Å². The van der Waals surface area contributed by atoms with E-state index in [0.717, 1.165) is 15.6 Å². The molecule has 0 unspecified atom stereocenters. The Morgan fingerprint density at radius 3 is 2.14 bits per heavy atom. The zero-order chi connectivity index (χ0) is 15.6. The molecule has 1 aromatic carbocycles. The van der Waals surface area contributed by atoms with Gasteiger partial charge in [0.15, 0.2) is 0 Å². The van der Waals surface area contributed by atoms with E-state index in [-0.39, 0.29) is 5.91 Å². The summed E-state index contributed by atoms with van der Waals surface area (Å²) in [5.41, 5.74) is 2.78. The number of amides is 1. The topological polar surface area (TPSA) is 69.2 Å². The van der Waals surface area contributed by atoms with Crippen LogP contribution in [0.4, 0.5) is 5.69 Å². The third-order valence-corrected chi connectivity index (χ3v) is 4.55. The Balaban J connectivity index is 2.16. The van der Waals surface area contributed by atoms with Gasteiger partial charge in [-0.3, -0.25) is 4.79 Å². The molecule has 1 aromatic rings. The summed E-state index contributed by atoms with van der Waals surface area (Å²) in [7, 11) is 0. The van der Waals surface area contributed by atoms with Crippen molar-refractivity contribution in [3.05, 3.63) is 39.9 Å². The molecule has 0 radical (unpaired) electrons. The molecule has 0 saturated heterocycles. The van der Waals surface area contributed by atoms with Crippen molar-refractivity contribution in [2.75, 3.05) is 5.32 Å². The molecule has 0 fully saturated rings. The molecular formula is C16H17BrNO3-. The highest BCUT2D eigenvalue weighted by Gasteiger charge is 2.33. The monoisotopic (exact) mass is 350 g/mol. The maximum Gasteiger partial charge on any atom is 0.228 e. The van der Waals surface area contributed by atoms with Crippen molar-refractivity contribution in [2.45, 2.75) is 26.7 Å². The Bertz CT molecular complexity index is 592. The smallest absolute Gasteiger partial charge is 0.228 e. The quantitative estimate of drug-likeness (QED) is 0.851. The Labute approximate surface area is 132 Å². The van der Waals surface area contributed by atoms with Crippen LogP contribution in [0.5, 0.6) is 0 Å². The summed E-state index contributed by atoms with van der Waals surface area (Å²) in [5, 5.41) is 14.1. The van der Waals surface area contributed by atoms with E-state index >= 15 is 0 Å². The van der Waals surface area contributed by atoms with Gasteiger partial charge in [-0.05, 0) is 51.0 Å². The second kappa shape index (κ2) is 6.43. The van der Waals surface area contributed by atoms with Crippen molar-refractivity contribution in [2.24, 2.45) is 11.8 Å². The molecule has 1 aliphatic carbocycles. The van der Waals surface area contributed by atoms with Crippen LogP contribution in [0, 0.1) is 11.8 Å². The molecule has 1 aliphatic rings. The van der Waals surface area contributed by atoms with E-state index < -0.39 is 17.8 Å². The first-order valence-electron chi connectivity index (χ1n) is 6.81. The third kappa shape index (κ3) is 3.73. The van der Waals surface area contributed by atoms with E-state index in [0.29, 0.717) is 18.5 Å². The van der Waals surface area contributed by atoms with Crippen molar-refractivity contribution in [3.63, 3.8) is 0 Å². The van der Waals surface area contributed by atoms with E-state index in [1.165, 1.54) is 0 Å². The molecule has 5 heteroatoms. The van der Waals surface area contributed by atoms with Gasteiger partial charge in [-0.25, -0.2) is 0 Å². The number of carbonyl (C=O) groups is 2. The molecule has 0 aliphatic heterocycles. The van der Waals surface area contributed by atoms with E-state index in [2.05, 4.69) is 21.2 Å². The molecule has 2 atom stereocenters. The van der Waals surface area contributed by atoms with Crippen LogP contribution in [0.15, 0.2) is 39.9 Å². The van der Waals surface area contributed by atoms with Crippen molar-refractivity contribution in [1.29, 1.82) is 0 Å². The van der Waals surface area contributed by atoms with Crippen LogP contribution < -0.4 is 10.4 Å². The fourth-order valence-electron chi connectivity index (χ4n) is 2.58. The Morgan fingerprint density at radius 2 is 1.62 bits per heavy atom. The van der Waals surface area contributed by atoms with Gasteiger partial charge in [-0.1, -0.05) is 27.1 Å². The molecule has 0 heterocycles. The Morgan fingerprint density at radius 1 is 1.10 bits per heavy atom. The number of aliphatic carboxylic acids is 1. The molecule has 0 spiro atoms. The molecular weight excluding hydrogens is 334 g/mol. The number of benzene rings is 1. The van der Waals surface area contributed by atoms with Crippen molar-refractivity contribution in [1.82, 2.24) is 0 Å². The minimum absolute atomic E-state index is 0.265. The Hall–Kier alpha value is -1.62. The maximum atomic E-state index is 12.4. The summed E-state index contributed by atoms with van der Waals surface area (Å²) in [5.74, 6) is -2.76. The predicted molar refractivity (Wildman–Crippen MR) is 82.4 cm³/mol. The summed E-state index contributed by atoms with van der Waals surface area (Å²) >= 11 is 3.33. The second-order valence-corrected chi connectivity index (χ2v) is 6.41. The molecule has 4 nitrogen and oxygen atoms in total. The first-order valence-corrected chi connectivity index (χ1v) is 7.60. The van der Waals surface area contributed by atoms with Crippen LogP contribution in [0.1, 0.15) is 26.7 Å². The maximum absolute atomic E-state index is 12.4. The lowest BCUT2D eigenvalue weighted by Crippen LogP contribution is -2.42. The number of hydrogen-bond donors (Lipinski definition) is 1. The number of allylic oxidation sites excluding steroid dienone is 2. The number of carboxylic acids is 1. The van der Waals surface area contributed by atoms with Crippen molar-refractivity contribution in [3.8, 4) is 0 Å². The lowest BCUT2D eigenvalue weighted by molar-refractivity contribution is -0.313. The van der Waals surface area contributed by atoms with Crippen LogP contribution in [-0.4, -0.2) is 11.9 Å². The van der Waals surface area contributed by atoms with Crippen LogP contribution in [0.25, 0.3) is 0 Å². The average Bonchev–Trinajstić information content (AvgIpc) is 2.43. The molecule has 1 N–H and O–H groups in total. The average molecular weight is 351 g/mol. The third-order valence-electron chi connectivity index (χ3n) is 4.02. The standard InChI is InChI=1S/C16H18BrNO3/c1-9-7-13(14(16(20)21)8-10(9)2)15(19)18-12-5-3-11(17)4-6-12/h3-6,13-14H,7-8H2,1-2H3,(H,18,19)(H,20,21)/p-1/t13-,14-/m1/s1. The highest BCUT2D eigenvalue weighted by Crippen LogP contribution is 2.34. The summed E-state index contributed by atoms with van der Waals surface area (Å²) in [4.78, 5) is 23.7. The number of carboxylic acid groups (broad SMARTS) is 1. The normalized spacial score (nSPS) is 22.0. The fourth-order valence-corrected chi connectivity index (χ4v) is 2.85. The summed E-state index contributed by atoms with van der Waals surface area (Å²) in [6, 6.07) is 7.18. The lowest BCUT2D eigenvalue weighted by Gasteiger charge is -2.32. The number of carbonyl (C=O) groups excluding carboxylic acids is 2. The molecule has 0 aromatic heterocycles. The largest absolute Gasteiger partial charge is 0.550 e. The first kappa shape index (κ1) is 15.8. The second-order valence-electron chi connectivity index (χ2n) is 5.50. The minimum atomic E-state index is -1.15. The van der Waals surface area contributed by atoms with Gasteiger partial charge in [-0.2, -0.15) is 0 Å². The summed E-state index contributed by atoms with van der Waals surface area (Å²) < 4.78 is 0.917. The van der Waals surface area contributed by atoms with Crippen LogP contribution in [0.3, 0.4) is 0 Å². The van der Waals surface area contributed by atoms with Gasteiger partial charge in [0.05, 0.1) is 5.92 Å². The van der Waals surface area contributed by atoms with Crippen LogP contribution in [0.2, 0.25) is 0 Å². The van der Waals surface area contributed by atoms with Gasteiger partial charge in [-0.15, -0.1) is 0 Å². The minimum Gasteiger partial charge on any atom is -0.550 e. The summed E-state index contributed by atoms with van der Waals surface area (Å²) in [6.07, 6.45) is 0.847. The van der Waals surface area contributed by atoms with E-state index in [4.69, 9.17) is 0 Å². The molecule has 0 saturated carbocycles. The number of hydrogen-bond acceptors (Lipinski definition) is 3.